The molecule has 0 amide bonds. The van der Waals surface area contributed by atoms with Crippen LogP contribution in [0.3, 0.4) is 0 Å². The molecule has 0 saturated carbocycles. The van der Waals surface area contributed by atoms with E-state index in [0.29, 0.717) is 0 Å². The standard InChI is InChI=1S/C22H22N2O3S.H2S/c1-24(28-27-16-22(25)26)21-12-10-20(11-13-21)23-15-17-6-5-9-19(14-17)18-7-3-2-4-8-18;/h2-14,23H,15-16H2,1H3,(H,25,26);1H2. The SMILES string of the molecule is CN(SOCC(=O)O)c1ccc(NCc2cccc(-c3ccccc3)c2)cc1.S. The van der Waals surface area contributed by atoms with Gasteiger partial charge in [0.05, 0.1) is 0 Å². The molecule has 7 heteroatoms. The molecule has 5 nitrogen and oxygen atoms in total. The average Bonchev–Trinajstić information content (AvgIpc) is 2.73. The first-order valence-electron chi connectivity index (χ1n) is 8.85. The molecule has 3 aromatic carbocycles. The molecule has 0 aromatic heterocycles. The zero-order valence-corrected chi connectivity index (χ0v) is 17.9. The predicted molar refractivity (Wildman–Crippen MR) is 126 cm³/mol. The van der Waals surface area contributed by atoms with Gasteiger partial charge in [-0.3, -0.25) is 8.49 Å². The van der Waals surface area contributed by atoms with Crippen LogP contribution in [0.4, 0.5) is 11.4 Å². The van der Waals surface area contributed by atoms with Crippen LogP contribution >= 0.6 is 25.7 Å². The summed E-state index contributed by atoms with van der Waals surface area (Å²) in [6.07, 6.45) is 0. The minimum Gasteiger partial charge on any atom is -0.479 e. The van der Waals surface area contributed by atoms with Crippen LogP contribution in [0.25, 0.3) is 11.1 Å². The van der Waals surface area contributed by atoms with Gasteiger partial charge in [-0.2, -0.15) is 13.5 Å². The Balaban J connectivity index is 0.00000300. The van der Waals surface area contributed by atoms with Crippen LogP contribution < -0.4 is 9.62 Å². The highest BCUT2D eigenvalue weighted by Crippen LogP contribution is 2.24. The molecule has 0 aliphatic rings. The van der Waals surface area contributed by atoms with Crippen molar-refractivity contribution in [1.82, 2.24) is 0 Å². The van der Waals surface area contributed by atoms with Gasteiger partial charge in [0, 0.05) is 25.0 Å². The Kier molecular flexibility index (Phi) is 8.92. The molecule has 0 fully saturated rings. The summed E-state index contributed by atoms with van der Waals surface area (Å²) in [4.78, 5) is 10.5. The third kappa shape index (κ3) is 7.05. The monoisotopic (exact) mass is 428 g/mol. The van der Waals surface area contributed by atoms with Gasteiger partial charge in [0.1, 0.15) is 12.2 Å². The van der Waals surface area contributed by atoms with Crippen molar-refractivity contribution in [2.24, 2.45) is 0 Å². The number of anilines is 2. The molecular weight excluding hydrogens is 404 g/mol. The maximum atomic E-state index is 10.5. The lowest BCUT2D eigenvalue weighted by Gasteiger charge is -2.16. The van der Waals surface area contributed by atoms with Gasteiger partial charge in [-0.05, 0) is 47.0 Å². The van der Waals surface area contributed by atoms with E-state index < -0.39 is 5.97 Å². The molecule has 3 aromatic rings. The van der Waals surface area contributed by atoms with Crippen molar-refractivity contribution in [2.45, 2.75) is 6.54 Å². The molecule has 0 radical (unpaired) electrons. The van der Waals surface area contributed by atoms with E-state index in [9.17, 15) is 4.79 Å². The molecular formula is C22H24N2O3S2. The highest BCUT2D eigenvalue weighted by Gasteiger charge is 2.05. The maximum Gasteiger partial charge on any atom is 0.331 e. The summed E-state index contributed by atoms with van der Waals surface area (Å²) in [7, 11) is 1.82. The summed E-state index contributed by atoms with van der Waals surface area (Å²) >= 11 is 1.01. The van der Waals surface area contributed by atoms with Crippen molar-refractivity contribution < 1.29 is 14.1 Å². The molecule has 0 atom stereocenters. The van der Waals surface area contributed by atoms with Crippen molar-refractivity contribution in [1.29, 1.82) is 0 Å². The number of carbonyl (C=O) groups is 1. The van der Waals surface area contributed by atoms with Crippen LogP contribution in [-0.4, -0.2) is 24.7 Å². The van der Waals surface area contributed by atoms with Gasteiger partial charge in [-0.25, -0.2) is 4.79 Å². The molecule has 0 spiro atoms. The fourth-order valence-electron chi connectivity index (χ4n) is 2.68. The minimum absolute atomic E-state index is 0. The smallest absolute Gasteiger partial charge is 0.331 e. The molecule has 0 saturated heterocycles. The van der Waals surface area contributed by atoms with Crippen LogP contribution in [0.2, 0.25) is 0 Å². The molecule has 0 bridgehead atoms. The van der Waals surface area contributed by atoms with E-state index in [1.807, 2.05) is 49.5 Å². The van der Waals surface area contributed by atoms with Gasteiger partial charge in [0.25, 0.3) is 0 Å². The van der Waals surface area contributed by atoms with Crippen molar-refractivity contribution in [3.05, 3.63) is 84.4 Å². The molecule has 152 valence electrons. The molecule has 3 rings (SSSR count). The highest BCUT2D eigenvalue weighted by molar-refractivity contribution is 7.96. The first-order chi connectivity index (χ1) is 13.6. The molecule has 2 N–H and O–H groups in total. The van der Waals surface area contributed by atoms with E-state index in [1.54, 1.807) is 4.31 Å². The lowest BCUT2D eigenvalue weighted by molar-refractivity contribution is -0.138. The molecule has 0 aliphatic carbocycles. The second kappa shape index (κ2) is 11.4. The maximum absolute atomic E-state index is 10.5. The van der Waals surface area contributed by atoms with Crippen LogP contribution in [0.5, 0.6) is 0 Å². The topological polar surface area (TPSA) is 61.8 Å². The van der Waals surface area contributed by atoms with E-state index in [-0.39, 0.29) is 20.1 Å². The Labute approximate surface area is 182 Å². The third-order valence-electron chi connectivity index (χ3n) is 4.11. The Morgan fingerprint density at radius 1 is 1.00 bits per heavy atom. The number of rotatable bonds is 9. The number of nitrogens with zero attached hydrogens (tertiary/aromatic N) is 1. The summed E-state index contributed by atoms with van der Waals surface area (Å²) < 4.78 is 6.80. The van der Waals surface area contributed by atoms with Gasteiger partial charge < -0.3 is 10.4 Å². The lowest BCUT2D eigenvalue weighted by atomic mass is 10.0. The zero-order valence-electron chi connectivity index (χ0n) is 16.0. The number of carboxylic acids is 1. The Morgan fingerprint density at radius 3 is 2.38 bits per heavy atom. The van der Waals surface area contributed by atoms with Crippen molar-refractivity contribution >= 4 is 43.1 Å². The minimum atomic E-state index is -0.989. The van der Waals surface area contributed by atoms with E-state index in [0.717, 1.165) is 30.1 Å². The number of hydrogen-bond acceptors (Lipinski definition) is 5. The largest absolute Gasteiger partial charge is 0.479 e. The van der Waals surface area contributed by atoms with Gasteiger partial charge in [0.15, 0.2) is 6.61 Å². The number of benzene rings is 3. The van der Waals surface area contributed by atoms with Crippen molar-refractivity contribution in [3.63, 3.8) is 0 Å². The van der Waals surface area contributed by atoms with Gasteiger partial charge in [-0.15, -0.1) is 0 Å². The molecule has 0 heterocycles. The van der Waals surface area contributed by atoms with Crippen molar-refractivity contribution in [3.8, 4) is 11.1 Å². The van der Waals surface area contributed by atoms with Crippen LogP contribution in [-0.2, 0) is 15.5 Å². The summed E-state index contributed by atoms with van der Waals surface area (Å²) in [6.45, 7) is 0.392. The Hall–Kier alpha value is -2.61. The molecule has 0 aliphatic heterocycles. The number of hydrogen-bond donors (Lipinski definition) is 2. The van der Waals surface area contributed by atoms with E-state index in [1.165, 1.54) is 16.7 Å². The summed E-state index contributed by atoms with van der Waals surface area (Å²) in [5.74, 6) is -0.989. The molecule has 29 heavy (non-hydrogen) atoms. The Morgan fingerprint density at radius 2 is 1.69 bits per heavy atom. The second-order valence-corrected chi connectivity index (χ2v) is 7.13. The zero-order chi connectivity index (χ0) is 19.8. The third-order valence-corrected chi connectivity index (χ3v) is 4.77. The highest BCUT2D eigenvalue weighted by atomic mass is 32.2. The normalized spacial score (nSPS) is 10.1. The number of nitrogens with one attached hydrogen (secondary N) is 1. The summed E-state index contributed by atoms with van der Waals surface area (Å²) in [5, 5.41) is 12.0. The lowest BCUT2D eigenvalue weighted by Crippen LogP contribution is -2.11. The van der Waals surface area contributed by atoms with Crippen molar-refractivity contribution in [2.75, 3.05) is 23.3 Å². The first kappa shape index (κ1) is 22.7. The Bertz CT molecular complexity index is 905. The van der Waals surface area contributed by atoms with Crippen LogP contribution in [0, 0.1) is 0 Å². The van der Waals surface area contributed by atoms with Gasteiger partial charge >= 0.3 is 5.97 Å². The first-order valence-corrected chi connectivity index (χ1v) is 9.55. The van der Waals surface area contributed by atoms with E-state index in [2.05, 4.69) is 41.7 Å². The van der Waals surface area contributed by atoms with E-state index in [4.69, 9.17) is 9.29 Å². The second-order valence-electron chi connectivity index (χ2n) is 6.19. The predicted octanol–water partition coefficient (Wildman–Crippen LogP) is 5.18. The number of aliphatic carboxylic acids is 1. The summed E-state index contributed by atoms with van der Waals surface area (Å²) in [5.41, 5.74) is 5.56. The fourth-order valence-corrected chi connectivity index (χ4v) is 3.20. The van der Waals surface area contributed by atoms with Crippen LogP contribution in [0.1, 0.15) is 5.56 Å². The summed E-state index contributed by atoms with van der Waals surface area (Å²) in [6, 6.07) is 26.7. The quantitative estimate of drug-likeness (QED) is 0.362. The molecule has 0 unspecified atom stereocenters. The average molecular weight is 429 g/mol. The number of carboxylic acid groups (broad SMARTS) is 1. The van der Waals surface area contributed by atoms with E-state index >= 15 is 0 Å². The van der Waals surface area contributed by atoms with Gasteiger partial charge in [0.2, 0.25) is 0 Å². The van der Waals surface area contributed by atoms with Gasteiger partial charge in [-0.1, -0.05) is 48.5 Å². The fraction of sp³-hybridized carbons (Fsp3) is 0.136. The van der Waals surface area contributed by atoms with Crippen LogP contribution in [0.15, 0.2) is 78.9 Å².